The number of carbonyl (C=O) groups excluding carboxylic acids is 2. The van der Waals surface area contributed by atoms with Crippen molar-refractivity contribution >= 4 is 22.7 Å². The highest BCUT2D eigenvalue weighted by molar-refractivity contribution is 5.92. The van der Waals surface area contributed by atoms with Gasteiger partial charge in [-0.15, -0.1) is 0 Å². The fourth-order valence-corrected chi connectivity index (χ4v) is 12.4. The summed E-state index contributed by atoms with van der Waals surface area (Å²) in [4.78, 5) is 55.2. The molecule has 12 nitrogen and oxygen atoms in total. The molecule has 5 aromatic carbocycles. The van der Waals surface area contributed by atoms with Crippen molar-refractivity contribution in [2.75, 3.05) is 39.3 Å². The third-order valence-corrected chi connectivity index (χ3v) is 15.9. The lowest BCUT2D eigenvalue weighted by Crippen LogP contribution is -2.42. The molecular weight excluding hydrogens is 883 g/mol. The van der Waals surface area contributed by atoms with E-state index in [0.717, 1.165) is 169 Å². The molecule has 0 spiro atoms. The fourth-order valence-electron chi connectivity index (χ4n) is 12.4. The Labute approximate surface area is 414 Å². The molecule has 12 heteroatoms. The molecule has 5 aliphatic rings. The molecule has 5 aliphatic heterocycles. The van der Waals surface area contributed by atoms with Gasteiger partial charge in [0.1, 0.15) is 29.5 Å². The molecule has 0 bridgehead atoms. The second-order valence-corrected chi connectivity index (χ2v) is 20.1. The number of aromatic nitrogens is 5. The van der Waals surface area contributed by atoms with Crippen LogP contribution in [0, 0.1) is 0 Å². The minimum atomic E-state index is -0.397. The van der Waals surface area contributed by atoms with E-state index in [2.05, 4.69) is 125 Å². The highest BCUT2D eigenvalue weighted by Gasteiger charge is 2.41. The summed E-state index contributed by atoms with van der Waals surface area (Å²) in [7, 11) is 0. The topological polar surface area (TPSA) is 119 Å². The lowest BCUT2D eigenvalue weighted by atomic mass is 10.0. The number of benzene rings is 5. The number of carbonyl (C=O) groups is 2. The molecule has 2 amide bonds. The van der Waals surface area contributed by atoms with Crippen LogP contribution in [0.25, 0.3) is 44.7 Å². The van der Waals surface area contributed by atoms with Crippen LogP contribution in [0.3, 0.4) is 0 Å². The quantitative estimate of drug-likeness (QED) is 0.133. The summed E-state index contributed by atoms with van der Waals surface area (Å²) >= 11 is 0. The van der Waals surface area contributed by atoms with E-state index in [1.807, 2.05) is 54.9 Å². The van der Waals surface area contributed by atoms with Gasteiger partial charge in [-0.05, 0) is 119 Å². The minimum absolute atomic E-state index is 0.104. The predicted molar refractivity (Wildman–Crippen MR) is 275 cm³/mol. The Kier molecular flexibility index (Phi) is 11.4. The molecule has 71 heavy (non-hydrogen) atoms. The zero-order chi connectivity index (χ0) is 47.4. The van der Waals surface area contributed by atoms with Crippen LogP contribution in [0.1, 0.15) is 110 Å². The van der Waals surface area contributed by atoms with Crippen molar-refractivity contribution < 1.29 is 14.3 Å². The van der Waals surface area contributed by atoms with Gasteiger partial charge < -0.3 is 29.1 Å². The summed E-state index contributed by atoms with van der Waals surface area (Å²) in [6, 6.07) is 45.5. The number of nitrogens with zero attached hydrogens (tertiary/aromatic N) is 7. The van der Waals surface area contributed by atoms with Crippen LogP contribution in [0.15, 0.2) is 146 Å². The lowest BCUT2D eigenvalue weighted by molar-refractivity contribution is -0.138. The molecule has 4 fully saturated rings. The Balaban J connectivity index is 0.786. The van der Waals surface area contributed by atoms with Gasteiger partial charge in [0, 0.05) is 40.7 Å². The molecule has 0 unspecified atom stereocenters. The number of aromatic amines is 2. The Hall–Kier alpha value is -7.28. The molecule has 8 heterocycles. The minimum Gasteiger partial charge on any atom is -0.465 e. The molecule has 4 saturated heterocycles. The number of H-pyrrole nitrogens is 2. The SMILES string of the molecule is O=C([C@@H](c1ccccc1)N1CCCC1)N1CCC[C@H]1c1ncc(-c2ccc3c(c2)O[C@@H](c2ccccc2)n2c-3cc3cc(-c4cnc([C@@H]5CCCN5C(=O)[C@@H](c5ccccc5)N5CCCC5)[nH]4)ccc32)[nH]1. The van der Waals surface area contributed by atoms with Crippen LogP contribution in [0.4, 0.5) is 0 Å². The van der Waals surface area contributed by atoms with Gasteiger partial charge in [0.15, 0.2) is 0 Å². The molecule has 0 saturated carbocycles. The van der Waals surface area contributed by atoms with Crippen LogP contribution < -0.4 is 4.74 Å². The largest absolute Gasteiger partial charge is 0.465 e. The summed E-state index contributed by atoms with van der Waals surface area (Å²) in [5.74, 6) is 2.79. The summed E-state index contributed by atoms with van der Waals surface area (Å²) in [5, 5.41) is 1.09. The first-order chi connectivity index (χ1) is 35.0. The third-order valence-electron chi connectivity index (χ3n) is 15.9. The van der Waals surface area contributed by atoms with Gasteiger partial charge in [-0.25, -0.2) is 9.97 Å². The van der Waals surface area contributed by atoms with E-state index in [1.165, 1.54) is 0 Å². The molecule has 8 aromatic rings. The number of nitrogens with one attached hydrogen (secondary N) is 2. The van der Waals surface area contributed by atoms with Crippen molar-refractivity contribution in [2.45, 2.75) is 81.8 Å². The van der Waals surface area contributed by atoms with Gasteiger partial charge >= 0.3 is 0 Å². The van der Waals surface area contributed by atoms with E-state index in [1.54, 1.807) is 0 Å². The first-order valence-corrected chi connectivity index (χ1v) is 25.8. The van der Waals surface area contributed by atoms with E-state index in [0.29, 0.717) is 0 Å². The second-order valence-electron chi connectivity index (χ2n) is 20.1. The summed E-state index contributed by atoms with van der Waals surface area (Å²) in [6.07, 6.45) is 11.6. The maximum atomic E-state index is 14.5. The summed E-state index contributed by atoms with van der Waals surface area (Å²) in [5.41, 5.74) is 10.2. The molecular formula is C59H59N9O3. The summed E-state index contributed by atoms with van der Waals surface area (Å²) in [6.45, 7) is 5.21. The van der Waals surface area contributed by atoms with E-state index < -0.39 is 6.23 Å². The lowest BCUT2D eigenvalue weighted by Gasteiger charge is -2.33. The highest BCUT2D eigenvalue weighted by atomic mass is 16.5. The van der Waals surface area contributed by atoms with Crippen LogP contribution in [0.2, 0.25) is 0 Å². The molecule has 5 atom stereocenters. The van der Waals surface area contributed by atoms with E-state index in [4.69, 9.17) is 14.7 Å². The Bertz CT molecular complexity index is 3210. The number of fused-ring (bicyclic) bond motifs is 5. The van der Waals surface area contributed by atoms with Crippen LogP contribution >= 0.6 is 0 Å². The van der Waals surface area contributed by atoms with Crippen molar-refractivity contribution in [3.05, 3.63) is 174 Å². The van der Waals surface area contributed by atoms with Gasteiger partial charge in [0.05, 0.1) is 47.1 Å². The normalized spacial score (nSPS) is 21.1. The van der Waals surface area contributed by atoms with Gasteiger partial charge in [0.2, 0.25) is 18.0 Å². The van der Waals surface area contributed by atoms with Gasteiger partial charge in [0.25, 0.3) is 0 Å². The number of amides is 2. The van der Waals surface area contributed by atoms with Crippen LogP contribution in [-0.4, -0.2) is 95.2 Å². The van der Waals surface area contributed by atoms with Crippen molar-refractivity contribution in [2.24, 2.45) is 0 Å². The number of hydrogen-bond acceptors (Lipinski definition) is 7. The summed E-state index contributed by atoms with van der Waals surface area (Å²) < 4.78 is 9.36. The Morgan fingerprint density at radius 1 is 0.549 bits per heavy atom. The average Bonchev–Trinajstić information content (AvgIpc) is 4.27. The van der Waals surface area contributed by atoms with Gasteiger partial charge in [-0.2, -0.15) is 0 Å². The fraction of sp³-hybridized carbons (Fsp3) is 0.322. The van der Waals surface area contributed by atoms with Gasteiger partial charge in [-0.3, -0.25) is 19.4 Å². The maximum absolute atomic E-state index is 14.5. The number of ether oxygens (including phenoxy) is 1. The number of imidazole rings is 2. The molecule has 358 valence electrons. The first-order valence-electron chi connectivity index (χ1n) is 25.8. The molecule has 0 aliphatic carbocycles. The molecule has 13 rings (SSSR count). The maximum Gasteiger partial charge on any atom is 0.245 e. The number of rotatable bonds is 11. The van der Waals surface area contributed by atoms with Gasteiger partial charge in [-0.1, -0.05) is 103 Å². The Morgan fingerprint density at radius 3 is 1.61 bits per heavy atom. The standard InChI is InChI=1S/C59H59N9O3/c69-57(53(64-28-10-11-29-64)39-16-4-1-5-17-39)66-32-14-22-49(66)55-60-37-46(62-55)42-25-27-48-44(34-42)35-51-45-26-24-43(36-52(45)71-59(68(48)51)41-20-8-3-9-21-41)47-38-61-56(63-47)50-23-15-33-67(50)58(70)54(65-30-12-13-31-65)40-18-6-2-7-19-40/h1-9,16-21,24-27,34-38,49-50,53-54,59H,10-15,22-23,28-33H2,(H,60,62)(H,61,63)/t49-,50-,53+,54+,59-/m0/s1. The molecule has 2 N–H and O–H groups in total. The zero-order valence-electron chi connectivity index (χ0n) is 40.0. The second kappa shape index (κ2) is 18.5. The van der Waals surface area contributed by atoms with Crippen molar-refractivity contribution in [3.8, 4) is 39.5 Å². The first kappa shape index (κ1) is 43.7. The number of likely N-dealkylation sites (tertiary alicyclic amines) is 4. The molecule has 3 aromatic heterocycles. The monoisotopic (exact) mass is 941 g/mol. The van der Waals surface area contributed by atoms with E-state index in [-0.39, 0.29) is 36.0 Å². The van der Waals surface area contributed by atoms with Crippen molar-refractivity contribution in [1.82, 2.24) is 44.1 Å². The van der Waals surface area contributed by atoms with Crippen molar-refractivity contribution in [1.29, 1.82) is 0 Å². The molecule has 0 radical (unpaired) electrons. The third kappa shape index (κ3) is 7.93. The van der Waals surface area contributed by atoms with Crippen LogP contribution in [-0.2, 0) is 9.59 Å². The highest BCUT2D eigenvalue weighted by Crippen LogP contribution is 2.47. The predicted octanol–water partition coefficient (Wildman–Crippen LogP) is 11.0. The average molecular weight is 942 g/mol. The Morgan fingerprint density at radius 2 is 1.06 bits per heavy atom. The van der Waals surface area contributed by atoms with E-state index >= 15 is 0 Å². The van der Waals surface area contributed by atoms with E-state index in [9.17, 15) is 9.59 Å². The zero-order valence-corrected chi connectivity index (χ0v) is 40.0. The van der Waals surface area contributed by atoms with Crippen LogP contribution in [0.5, 0.6) is 5.75 Å². The smallest absolute Gasteiger partial charge is 0.245 e. The van der Waals surface area contributed by atoms with Crippen molar-refractivity contribution in [3.63, 3.8) is 0 Å². The number of hydrogen-bond donors (Lipinski definition) is 2.